The van der Waals surface area contributed by atoms with Crippen LogP contribution < -0.4 is 4.31 Å². The fourth-order valence-corrected chi connectivity index (χ4v) is 5.68. The van der Waals surface area contributed by atoms with E-state index in [1.54, 1.807) is 54.6 Å². The van der Waals surface area contributed by atoms with Crippen molar-refractivity contribution in [3.05, 3.63) is 82.0 Å². The minimum absolute atomic E-state index is 0.0791. The Kier molecular flexibility index (Phi) is 5.31. The second-order valence-corrected chi connectivity index (χ2v) is 10.4. The van der Waals surface area contributed by atoms with Crippen molar-refractivity contribution in [2.45, 2.75) is 18.2 Å². The zero-order chi connectivity index (χ0) is 23.3. The summed E-state index contributed by atoms with van der Waals surface area (Å²) >= 11 is 12.5. The quantitative estimate of drug-likeness (QED) is 0.427. The van der Waals surface area contributed by atoms with E-state index in [1.165, 1.54) is 15.2 Å². The molecule has 10 heteroatoms. The van der Waals surface area contributed by atoms with Crippen LogP contribution in [-0.4, -0.2) is 34.8 Å². The van der Waals surface area contributed by atoms with E-state index in [4.69, 9.17) is 23.2 Å². The molecule has 0 spiro atoms. The molecule has 1 aliphatic rings. The number of sulfonamides is 1. The van der Waals surface area contributed by atoms with Crippen LogP contribution in [-0.2, 0) is 16.4 Å². The molecular weight excluding hydrogens is 483 g/mol. The fourth-order valence-electron chi connectivity index (χ4n) is 3.88. The van der Waals surface area contributed by atoms with E-state index in [9.17, 15) is 13.5 Å². The molecule has 4 aromatic rings. The number of pyridine rings is 1. The predicted octanol–water partition coefficient (Wildman–Crippen LogP) is 5.01. The Hall–Kier alpha value is -3.07. The smallest absolute Gasteiger partial charge is 0.265 e. The third-order valence-electron chi connectivity index (χ3n) is 5.54. The van der Waals surface area contributed by atoms with Crippen molar-refractivity contribution >= 4 is 39.0 Å². The maximum Gasteiger partial charge on any atom is 0.265 e. The van der Waals surface area contributed by atoms with Gasteiger partial charge in [0.25, 0.3) is 10.0 Å². The van der Waals surface area contributed by atoms with E-state index in [0.717, 1.165) is 5.56 Å². The van der Waals surface area contributed by atoms with Crippen LogP contribution in [0.3, 0.4) is 0 Å². The van der Waals surface area contributed by atoms with E-state index in [0.29, 0.717) is 32.6 Å². The molecule has 0 amide bonds. The third kappa shape index (κ3) is 3.64. The number of fused-ring (bicyclic) bond motifs is 3. The molecule has 33 heavy (non-hydrogen) atoms. The zero-order valence-corrected chi connectivity index (χ0v) is 19.7. The number of hydrogen-bond acceptors (Lipinski definition) is 5. The summed E-state index contributed by atoms with van der Waals surface area (Å²) in [6.07, 6.45) is 1.76. The standard InChI is InChI=1S/C23H18Cl2N4O3S/c1-14-4-7-16(8-5-14)33(31,32)28-12-10-18-21(17-3-2-11-26-22(17)28)27-29(23(18)30)20-13-15(24)6-9-19(20)25/h2-9,11,13,30H,10,12H2,1H3. The average Bonchev–Trinajstić information content (AvgIpc) is 3.02. The second-order valence-electron chi connectivity index (χ2n) is 7.67. The number of hydrogen-bond donors (Lipinski definition) is 1. The van der Waals surface area contributed by atoms with Crippen molar-refractivity contribution in [3.63, 3.8) is 0 Å². The first kappa shape index (κ1) is 21.8. The molecular formula is C23H18Cl2N4O3S. The molecule has 0 saturated heterocycles. The molecule has 0 fully saturated rings. The van der Waals surface area contributed by atoms with Crippen molar-refractivity contribution < 1.29 is 13.5 Å². The normalized spacial score (nSPS) is 13.4. The topological polar surface area (TPSA) is 88.3 Å². The highest BCUT2D eigenvalue weighted by Crippen LogP contribution is 2.41. The lowest BCUT2D eigenvalue weighted by molar-refractivity contribution is 0.428. The van der Waals surface area contributed by atoms with Crippen molar-refractivity contribution in [1.82, 2.24) is 14.8 Å². The highest BCUT2D eigenvalue weighted by molar-refractivity contribution is 7.92. The second kappa shape index (κ2) is 8.06. The van der Waals surface area contributed by atoms with Gasteiger partial charge in [0.1, 0.15) is 5.69 Å². The van der Waals surface area contributed by atoms with Gasteiger partial charge in [-0.1, -0.05) is 40.9 Å². The van der Waals surface area contributed by atoms with Crippen LogP contribution in [0.5, 0.6) is 5.88 Å². The van der Waals surface area contributed by atoms with Gasteiger partial charge in [-0.3, -0.25) is 0 Å². The third-order valence-corrected chi connectivity index (χ3v) is 7.90. The highest BCUT2D eigenvalue weighted by atomic mass is 35.5. The van der Waals surface area contributed by atoms with Gasteiger partial charge in [0.2, 0.25) is 5.88 Å². The molecule has 168 valence electrons. The Bertz CT molecular complexity index is 1480. The van der Waals surface area contributed by atoms with Gasteiger partial charge in [-0.2, -0.15) is 9.78 Å². The molecule has 2 aromatic carbocycles. The number of anilines is 1. The minimum atomic E-state index is -3.88. The number of aromatic nitrogens is 3. The highest BCUT2D eigenvalue weighted by Gasteiger charge is 2.34. The Morgan fingerprint density at radius 1 is 1.06 bits per heavy atom. The van der Waals surface area contributed by atoms with Gasteiger partial charge < -0.3 is 5.11 Å². The minimum Gasteiger partial charge on any atom is -0.493 e. The first-order valence-electron chi connectivity index (χ1n) is 10.1. The molecule has 0 aliphatic carbocycles. The summed E-state index contributed by atoms with van der Waals surface area (Å²) in [4.78, 5) is 4.55. The average molecular weight is 501 g/mol. The van der Waals surface area contributed by atoms with Gasteiger partial charge in [0.05, 0.1) is 15.6 Å². The molecule has 0 atom stereocenters. The lowest BCUT2D eigenvalue weighted by atomic mass is 10.1. The van der Waals surface area contributed by atoms with Gasteiger partial charge in [0, 0.05) is 28.9 Å². The lowest BCUT2D eigenvalue weighted by Gasteiger charge is -2.23. The Morgan fingerprint density at radius 2 is 1.82 bits per heavy atom. The van der Waals surface area contributed by atoms with Crippen LogP contribution in [0.15, 0.2) is 65.7 Å². The van der Waals surface area contributed by atoms with Crippen LogP contribution in [0.1, 0.15) is 11.1 Å². The maximum atomic E-state index is 13.5. The molecule has 0 bridgehead atoms. The SMILES string of the molecule is Cc1ccc(S(=O)(=O)N2CCc3c(nn(-c4cc(Cl)ccc4Cl)c3O)-c3cccnc32)cc1. The van der Waals surface area contributed by atoms with Crippen LogP contribution in [0.25, 0.3) is 16.9 Å². The van der Waals surface area contributed by atoms with E-state index in [2.05, 4.69) is 10.1 Å². The van der Waals surface area contributed by atoms with E-state index >= 15 is 0 Å². The monoisotopic (exact) mass is 500 g/mol. The van der Waals surface area contributed by atoms with Gasteiger partial charge in [0.15, 0.2) is 5.82 Å². The molecule has 1 N–H and O–H groups in total. The molecule has 0 saturated carbocycles. The molecule has 1 aliphatic heterocycles. The van der Waals surface area contributed by atoms with Gasteiger partial charge >= 0.3 is 0 Å². The summed E-state index contributed by atoms with van der Waals surface area (Å²) in [7, 11) is -3.88. The number of halogens is 2. The summed E-state index contributed by atoms with van der Waals surface area (Å²) in [6.45, 7) is 1.97. The maximum absolute atomic E-state index is 13.5. The van der Waals surface area contributed by atoms with E-state index < -0.39 is 10.0 Å². The number of aryl methyl sites for hydroxylation is 1. The number of nitrogens with zero attached hydrogens (tertiary/aromatic N) is 4. The first-order valence-corrected chi connectivity index (χ1v) is 12.3. The molecule has 0 unspecified atom stereocenters. The molecule has 7 nitrogen and oxygen atoms in total. The van der Waals surface area contributed by atoms with Crippen LogP contribution in [0.2, 0.25) is 10.0 Å². The Morgan fingerprint density at radius 3 is 2.58 bits per heavy atom. The summed E-state index contributed by atoms with van der Waals surface area (Å²) < 4.78 is 29.6. The van der Waals surface area contributed by atoms with Gasteiger partial charge in [-0.25, -0.2) is 17.7 Å². The van der Waals surface area contributed by atoms with Gasteiger partial charge in [-0.15, -0.1) is 0 Å². The summed E-state index contributed by atoms with van der Waals surface area (Å²) in [5.74, 6) is 0.122. The Labute approximate surface area is 200 Å². The number of rotatable bonds is 3. The van der Waals surface area contributed by atoms with Crippen molar-refractivity contribution in [1.29, 1.82) is 0 Å². The van der Waals surface area contributed by atoms with Crippen molar-refractivity contribution in [2.75, 3.05) is 10.8 Å². The zero-order valence-electron chi connectivity index (χ0n) is 17.4. The Balaban J connectivity index is 1.67. The lowest BCUT2D eigenvalue weighted by Crippen LogP contribution is -2.33. The van der Waals surface area contributed by atoms with Gasteiger partial charge in [-0.05, 0) is 55.8 Å². The predicted molar refractivity (Wildman–Crippen MR) is 128 cm³/mol. The summed E-state index contributed by atoms with van der Waals surface area (Å²) in [5.41, 5.74) is 2.81. The number of aromatic hydroxyl groups is 1. The van der Waals surface area contributed by atoms with Crippen molar-refractivity contribution in [3.8, 4) is 22.8 Å². The first-order chi connectivity index (χ1) is 15.8. The van der Waals surface area contributed by atoms with E-state index in [-0.39, 0.29) is 29.6 Å². The molecule has 5 rings (SSSR count). The number of benzene rings is 2. The molecule has 0 radical (unpaired) electrons. The molecule has 3 heterocycles. The van der Waals surface area contributed by atoms with Crippen molar-refractivity contribution in [2.24, 2.45) is 0 Å². The van der Waals surface area contributed by atoms with Crippen LogP contribution in [0, 0.1) is 6.92 Å². The van der Waals surface area contributed by atoms with E-state index in [1.807, 2.05) is 6.92 Å². The summed E-state index contributed by atoms with van der Waals surface area (Å²) in [5, 5.41) is 16.4. The van der Waals surface area contributed by atoms with Crippen LogP contribution in [0.4, 0.5) is 5.82 Å². The molecule has 2 aromatic heterocycles. The largest absolute Gasteiger partial charge is 0.493 e. The fraction of sp³-hybridized carbons (Fsp3) is 0.130. The summed E-state index contributed by atoms with van der Waals surface area (Å²) in [6, 6.07) is 15.0. The van der Waals surface area contributed by atoms with Crippen LogP contribution >= 0.6 is 23.2 Å².